The number of hydrogen-bond acceptors (Lipinski definition) is 2. The van der Waals surface area contributed by atoms with Gasteiger partial charge in [-0.3, -0.25) is 4.98 Å². The van der Waals surface area contributed by atoms with Gasteiger partial charge in [0.1, 0.15) is 0 Å². The Kier molecular flexibility index (Phi) is 5.13. The Balaban J connectivity index is 2.15. The molecule has 0 radical (unpaired) electrons. The van der Waals surface area contributed by atoms with E-state index < -0.39 is 0 Å². The summed E-state index contributed by atoms with van der Waals surface area (Å²) in [5.41, 5.74) is 2.45. The average Bonchev–Trinajstić information content (AvgIpc) is 2.40. The molecular weight excluding hydrogens is 335 g/mol. The predicted molar refractivity (Wildman–Crippen MR) is 83.5 cm³/mol. The highest BCUT2D eigenvalue weighted by molar-refractivity contribution is 14.1. The number of aromatic nitrogens is 1. The van der Waals surface area contributed by atoms with Crippen molar-refractivity contribution in [2.24, 2.45) is 0 Å². The average molecular weight is 352 g/mol. The van der Waals surface area contributed by atoms with Gasteiger partial charge in [-0.1, -0.05) is 25.1 Å². The zero-order valence-electron chi connectivity index (χ0n) is 10.4. The molecule has 1 heterocycles. The summed E-state index contributed by atoms with van der Waals surface area (Å²) >= 11 is 2.33. The SMILES string of the molecule is CCNC(Cc1ccccn1)c1ccc(I)cc1. The molecule has 0 aliphatic rings. The number of nitrogens with one attached hydrogen (secondary N) is 1. The lowest BCUT2D eigenvalue weighted by molar-refractivity contribution is 0.544. The minimum absolute atomic E-state index is 0.335. The molecule has 1 atom stereocenters. The van der Waals surface area contributed by atoms with Crippen LogP contribution in [0.5, 0.6) is 0 Å². The first-order valence-corrected chi connectivity index (χ1v) is 7.26. The first-order valence-electron chi connectivity index (χ1n) is 6.18. The Morgan fingerprint density at radius 2 is 1.94 bits per heavy atom. The molecule has 0 amide bonds. The Morgan fingerprint density at radius 3 is 2.56 bits per heavy atom. The predicted octanol–water partition coefficient (Wildman–Crippen LogP) is 3.58. The van der Waals surface area contributed by atoms with Crippen LogP contribution >= 0.6 is 22.6 Å². The van der Waals surface area contributed by atoms with E-state index in [1.165, 1.54) is 9.13 Å². The number of benzene rings is 1. The summed E-state index contributed by atoms with van der Waals surface area (Å²) in [5, 5.41) is 3.52. The van der Waals surface area contributed by atoms with Gasteiger partial charge in [0.15, 0.2) is 0 Å². The maximum Gasteiger partial charge on any atom is 0.0422 e. The van der Waals surface area contributed by atoms with Gasteiger partial charge in [0.05, 0.1) is 0 Å². The molecule has 2 aromatic rings. The highest BCUT2D eigenvalue weighted by Crippen LogP contribution is 2.18. The highest BCUT2D eigenvalue weighted by Gasteiger charge is 2.11. The van der Waals surface area contributed by atoms with Crippen molar-refractivity contribution in [1.82, 2.24) is 10.3 Å². The molecule has 3 heteroatoms. The molecular formula is C15H17IN2. The van der Waals surface area contributed by atoms with Gasteiger partial charge in [-0.2, -0.15) is 0 Å². The number of halogens is 1. The summed E-state index contributed by atoms with van der Waals surface area (Å²) in [6, 6.07) is 15.1. The topological polar surface area (TPSA) is 24.9 Å². The molecule has 0 fully saturated rings. The maximum absolute atomic E-state index is 4.40. The second-order valence-electron chi connectivity index (χ2n) is 4.19. The minimum Gasteiger partial charge on any atom is -0.310 e. The zero-order chi connectivity index (χ0) is 12.8. The van der Waals surface area contributed by atoms with Crippen LogP contribution in [0.3, 0.4) is 0 Å². The van der Waals surface area contributed by atoms with Crippen LogP contribution in [0.4, 0.5) is 0 Å². The fourth-order valence-electron chi connectivity index (χ4n) is 1.98. The van der Waals surface area contributed by atoms with Crippen molar-refractivity contribution in [3.05, 3.63) is 63.5 Å². The molecule has 1 aromatic heterocycles. The van der Waals surface area contributed by atoms with E-state index in [-0.39, 0.29) is 0 Å². The minimum atomic E-state index is 0.335. The lowest BCUT2D eigenvalue weighted by atomic mass is 10.0. The lowest BCUT2D eigenvalue weighted by Crippen LogP contribution is -2.23. The van der Waals surface area contributed by atoms with Crippen LogP contribution in [-0.2, 0) is 6.42 Å². The fraction of sp³-hybridized carbons (Fsp3) is 0.267. The molecule has 0 saturated carbocycles. The molecule has 94 valence electrons. The van der Waals surface area contributed by atoms with Crippen LogP contribution in [0.2, 0.25) is 0 Å². The van der Waals surface area contributed by atoms with Crippen LogP contribution in [0.25, 0.3) is 0 Å². The summed E-state index contributed by atoms with van der Waals surface area (Å²) < 4.78 is 1.27. The molecule has 2 nitrogen and oxygen atoms in total. The molecule has 1 N–H and O–H groups in total. The third-order valence-electron chi connectivity index (χ3n) is 2.86. The van der Waals surface area contributed by atoms with Gasteiger partial charge in [0.25, 0.3) is 0 Å². The van der Waals surface area contributed by atoms with E-state index in [0.717, 1.165) is 18.7 Å². The van der Waals surface area contributed by atoms with Crippen LogP contribution in [0, 0.1) is 3.57 Å². The highest BCUT2D eigenvalue weighted by atomic mass is 127. The van der Waals surface area contributed by atoms with Gasteiger partial charge >= 0.3 is 0 Å². The van der Waals surface area contributed by atoms with Crippen LogP contribution in [-0.4, -0.2) is 11.5 Å². The van der Waals surface area contributed by atoms with E-state index in [1.54, 1.807) is 0 Å². The van der Waals surface area contributed by atoms with Crippen LogP contribution in [0.1, 0.15) is 24.2 Å². The Labute approximate surface area is 122 Å². The van der Waals surface area contributed by atoms with Gasteiger partial charge < -0.3 is 5.32 Å². The zero-order valence-corrected chi connectivity index (χ0v) is 12.6. The van der Waals surface area contributed by atoms with E-state index >= 15 is 0 Å². The van der Waals surface area contributed by atoms with E-state index in [0.29, 0.717) is 6.04 Å². The summed E-state index contributed by atoms with van der Waals surface area (Å²) in [5.74, 6) is 0. The van der Waals surface area contributed by atoms with Gasteiger partial charge in [-0.25, -0.2) is 0 Å². The maximum atomic E-state index is 4.40. The first-order chi connectivity index (χ1) is 8.79. The largest absolute Gasteiger partial charge is 0.310 e. The van der Waals surface area contributed by atoms with Crippen molar-refractivity contribution in [3.8, 4) is 0 Å². The van der Waals surface area contributed by atoms with Crippen LogP contribution < -0.4 is 5.32 Å². The smallest absolute Gasteiger partial charge is 0.0422 e. The second-order valence-corrected chi connectivity index (χ2v) is 5.43. The van der Waals surface area contributed by atoms with Crippen molar-refractivity contribution < 1.29 is 0 Å². The number of likely N-dealkylation sites (N-methyl/N-ethyl adjacent to an activating group) is 1. The number of rotatable bonds is 5. The Morgan fingerprint density at radius 1 is 1.17 bits per heavy atom. The fourth-order valence-corrected chi connectivity index (χ4v) is 2.34. The summed E-state index contributed by atoms with van der Waals surface area (Å²) in [6.45, 7) is 3.10. The van der Waals surface area contributed by atoms with Gasteiger partial charge in [-0.15, -0.1) is 0 Å². The molecule has 1 aromatic carbocycles. The molecule has 0 spiro atoms. The van der Waals surface area contributed by atoms with E-state index in [4.69, 9.17) is 0 Å². The summed E-state index contributed by atoms with van der Waals surface area (Å²) in [7, 11) is 0. The third kappa shape index (κ3) is 3.78. The molecule has 0 aliphatic carbocycles. The van der Waals surface area contributed by atoms with Gasteiger partial charge in [-0.05, 0) is 59.0 Å². The van der Waals surface area contributed by atoms with Crippen molar-refractivity contribution in [2.75, 3.05) is 6.54 Å². The summed E-state index contributed by atoms with van der Waals surface area (Å²) in [6.07, 6.45) is 2.78. The third-order valence-corrected chi connectivity index (χ3v) is 3.58. The molecule has 18 heavy (non-hydrogen) atoms. The standard InChI is InChI=1S/C15H17IN2/c1-2-17-15(11-14-5-3-4-10-18-14)12-6-8-13(16)9-7-12/h3-10,15,17H,2,11H2,1H3. The van der Waals surface area contributed by atoms with Crippen molar-refractivity contribution in [3.63, 3.8) is 0 Å². The van der Waals surface area contributed by atoms with Crippen molar-refractivity contribution in [1.29, 1.82) is 0 Å². The van der Waals surface area contributed by atoms with Crippen molar-refractivity contribution in [2.45, 2.75) is 19.4 Å². The lowest BCUT2D eigenvalue weighted by Gasteiger charge is -2.18. The number of nitrogens with zero attached hydrogens (tertiary/aromatic N) is 1. The molecule has 0 saturated heterocycles. The second kappa shape index (κ2) is 6.85. The Bertz CT molecular complexity index is 468. The van der Waals surface area contributed by atoms with E-state index in [1.807, 2.05) is 18.3 Å². The van der Waals surface area contributed by atoms with E-state index in [2.05, 4.69) is 70.1 Å². The molecule has 1 unspecified atom stereocenters. The molecule has 0 aliphatic heterocycles. The van der Waals surface area contributed by atoms with Crippen LogP contribution in [0.15, 0.2) is 48.7 Å². The molecule has 0 bridgehead atoms. The van der Waals surface area contributed by atoms with Crippen molar-refractivity contribution >= 4 is 22.6 Å². The first kappa shape index (κ1) is 13.5. The quantitative estimate of drug-likeness (QED) is 0.832. The van der Waals surface area contributed by atoms with Gasteiger partial charge in [0, 0.05) is 27.9 Å². The summed E-state index contributed by atoms with van der Waals surface area (Å²) in [4.78, 5) is 4.40. The Hall–Kier alpha value is -0.940. The van der Waals surface area contributed by atoms with Gasteiger partial charge in [0.2, 0.25) is 0 Å². The number of pyridine rings is 1. The van der Waals surface area contributed by atoms with E-state index in [9.17, 15) is 0 Å². The normalized spacial score (nSPS) is 12.3. The molecule has 2 rings (SSSR count). The monoisotopic (exact) mass is 352 g/mol. The number of hydrogen-bond donors (Lipinski definition) is 1.